The second kappa shape index (κ2) is 7.74. The Balaban J connectivity index is 1.59. The second-order valence-corrected chi connectivity index (χ2v) is 5.81. The van der Waals surface area contributed by atoms with E-state index in [1.165, 1.54) is 0 Å². The van der Waals surface area contributed by atoms with Gasteiger partial charge in [-0.2, -0.15) is 0 Å². The Labute approximate surface area is 145 Å². The van der Waals surface area contributed by atoms with Gasteiger partial charge in [-0.15, -0.1) is 0 Å². The van der Waals surface area contributed by atoms with Gasteiger partial charge in [-0.25, -0.2) is 4.79 Å². The fourth-order valence-electron chi connectivity index (χ4n) is 2.88. The molecular formula is C18H21N3O4. The van der Waals surface area contributed by atoms with Gasteiger partial charge < -0.3 is 24.7 Å². The predicted molar refractivity (Wildman–Crippen MR) is 92.3 cm³/mol. The first-order valence-electron chi connectivity index (χ1n) is 8.19. The molecular weight excluding hydrogens is 322 g/mol. The Bertz CT molecular complexity index is 730. The van der Waals surface area contributed by atoms with Crippen LogP contribution in [0.2, 0.25) is 0 Å². The molecule has 2 heterocycles. The minimum absolute atomic E-state index is 0.172. The number of urea groups is 1. The van der Waals surface area contributed by atoms with E-state index in [0.717, 1.165) is 6.42 Å². The van der Waals surface area contributed by atoms with Crippen molar-refractivity contribution in [2.45, 2.75) is 25.4 Å². The van der Waals surface area contributed by atoms with Crippen molar-refractivity contribution in [3.8, 4) is 5.75 Å². The Morgan fingerprint density at radius 3 is 2.96 bits per heavy atom. The van der Waals surface area contributed by atoms with E-state index in [1.54, 1.807) is 54.7 Å². The standard InChI is InChI=1S/C18H21N3O4/c1-24-14-6-2-5-13(11-14)20-18(23)21-9-3-8-16(21)17(22)19-12-15-7-4-10-25-15/h2,4-7,10-11,16H,3,8-9,12H2,1H3,(H,19,22)(H,20,23)/t16-/m0/s1. The average Bonchev–Trinajstić information content (AvgIpc) is 3.31. The van der Waals surface area contributed by atoms with Gasteiger partial charge in [0.2, 0.25) is 5.91 Å². The average molecular weight is 343 g/mol. The summed E-state index contributed by atoms with van der Waals surface area (Å²) in [6, 6.07) is 9.92. The number of ether oxygens (including phenoxy) is 1. The molecule has 1 aliphatic heterocycles. The van der Waals surface area contributed by atoms with Crippen LogP contribution in [0.4, 0.5) is 10.5 Å². The van der Waals surface area contributed by atoms with Gasteiger partial charge in [0.25, 0.3) is 0 Å². The molecule has 1 aromatic heterocycles. The zero-order valence-electron chi connectivity index (χ0n) is 14.0. The highest BCUT2D eigenvalue weighted by Crippen LogP contribution is 2.21. The zero-order chi connectivity index (χ0) is 17.6. The first-order valence-corrected chi connectivity index (χ1v) is 8.19. The first kappa shape index (κ1) is 16.9. The molecule has 2 aromatic rings. The molecule has 132 valence electrons. The van der Waals surface area contributed by atoms with E-state index in [4.69, 9.17) is 9.15 Å². The lowest BCUT2D eigenvalue weighted by Crippen LogP contribution is -2.47. The summed E-state index contributed by atoms with van der Waals surface area (Å²) in [6.07, 6.45) is 3.00. The number of carbonyl (C=O) groups is 2. The molecule has 25 heavy (non-hydrogen) atoms. The Morgan fingerprint density at radius 2 is 2.20 bits per heavy atom. The third kappa shape index (κ3) is 4.12. The van der Waals surface area contributed by atoms with Crippen LogP contribution in [-0.2, 0) is 11.3 Å². The van der Waals surface area contributed by atoms with Crippen molar-refractivity contribution in [3.05, 3.63) is 48.4 Å². The fraction of sp³-hybridized carbons (Fsp3) is 0.333. The van der Waals surface area contributed by atoms with E-state index in [1.807, 2.05) is 0 Å². The number of nitrogens with one attached hydrogen (secondary N) is 2. The number of benzene rings is 1. The molecule has 0 aliphatic carbocycles. The summed E-state index contributed by atoms with van der Waals surface area (Å²) in [5.74, 6) is 1.17. The summed E-state index contributed by atoms with van der Waals surface area (Å²) in [7, 11) is 1.57. The highest BCUT2D eigenvalue weighted by molar-refractivity contribution is 5.94. The van der Waals surface area contributed by atoms with Crippen molar-refractivity contribution in [2.75, 3.05) is 19.0 Å². The van der Waals surface area contributed by atoms with E-state index in [-0.39, 0.29) is 11.9 Å². The van der Waals surface area contributed by atoms with Crippen molar-refractivity contribution in [1.29, 1.82) is 0 Å². The Kier molecular flexibility index (Phi) is 5.23. The number of carbonyl (C=O) groups excluding carboxylic acids is 2. The molecule has 7 nitrogen and oxygen atoms in total. The van der Waals surface area contributed by atoms with Crippen molar-refractivity contribution in [2.24, 2.45) is 0 Å². The molecule has 1 aliphatic rings. The molecule has 3 rings (SSSR count). The number of methoxy groups -OCH3 is 1. The van der Waals surface area contributed by atoms with E-state index in [0.29, 0.717) is 36.7 Å². The summed E-state index contributed by atoms with van der Waals surface area (Å²) in [6.45, 7) is 0.863. The van der Waals surface area contributed by atoms with Crippen LogP contribution in [-0.4, -0.2) is 36.5 Å². The molecule has 1 atom stereocenters. The number of likely N-dealkylation sites (tertiary alicyclic amines) is 1. The number of furan rings is 1. The van der Waals surface area contributed by atoms with Crippen LogP contribution in [0.1, 0.15) is 18.6 Å². The van der Waals surface area contributed by atoms with Gasteiger partial charge in [-0.3, -0.25) is 4.79 Å². The van der Waals surface area contributed by atoms with Gasteiger partial charge in [0, 0.05) is 18.3 Å². The molecule has 0 unspecified atom stereocenters. The molecule has 2 N–H and O–H groups in total. The van der Waals surface area contributed by atoms with Gasteiger partial charge in [0.05, 0.1) is 19.9 Å². The monoisotopic (exact) mass is 343 g/mol. The number of amides is 3. The van der Waals surface area contributed by atoms with Crippen LogP contribution < -0.4 is 15.4 Å². The van der Waals surface area contributed by atoms with Crippen LogP contribution >= 0.6 is 0 Å². The molecule has 0 bridgehead atoms. The lowest BCUT2D eigenvalue weighted by atomic mass is 10.2. The minimum Gasteiger partial charge on any atom is -0.497 e. The van der Waals surface area contributed by atoms with E-state index in [9.17, 15) is 9.59 Å². The quantitative estimate of drug-likeness (QED) is 0.874. The first-order chi connectivity index (χ1) is 12.2. The van der Waals surface area contributed by atoms with Gasteiger partial charge in [-0.1, -0.05) is 6.07 Å². The molecule has 1 saturated heterocycles. The summed E-state index contributed by atoms with van der Waals surface area (Å²) < 4.78 is 10.4. The highest BCUT2D eigenvalue weighted by atomic mass is 16.5. The highest BCUT2D eigenvalue weighted by Gasteiger charge is 2.34. The fourth-order valence-corrected chi connectivity index (χ4v) is 2.88. The molecule has 0 saturated carbocycles. The predicted octanol–water partition coefficient (Wildman–Crippen LogP) is 2.60. The maximum Gasteiger partial charge on any atom is 0.322 e. The second-order valence-electron chi connectivity index (χ2n) is 5.81. The van der Waals surface area contributed by atoms with Crippen LogP contribution in [0.5, 0.6) is 5.75 Å². The summed E-state index contributed by atoms with van der Waals surface area (Å²) >= 11 is 0. The lowest BCUT2D eigenvalue weighted by Gasteiger charge is -2.24. The van der Waals surface area contributed by atoms with E-state index >= 15 is 0 Å². The topological polar surface area (TPSA) is 83.8 Å². The van der Waals surface area contributed by atoms with Crippen LogP contribution in [0.3, 0.4) is 0 Å². The molecule has 0 spiro atoms. The third-order valence-corrected chi connectivity index (χ3v) is 4.15. The zero-order valence-corrected chi connectivity index (χ0v) is 14.0. The van der Waals surface area contributed by atoms with Gasteiger partial charge >= 0.3 is 6.03 Å². The summed E-state index contributed by atoms with van der Waals surface area (Å²) in [5.41, 5.74) is 0.631. The smallest absolute Gasteiger partial charge is 0.322 e. The minimum atomic E-state index is -0.472. The number of hydrogen-bond acceptors (Lipinski definition) is 4. The van der Waals surface area contributed by atoms with Gasteiger partial charge in [0.1, 0.15) is 17.6 Å². The maximum atomic E-state index is 12.5. The lowest BCUT2D eigenvalue weighted by molar-refractivity contribution is -0.124. The normalized spacial score (nSPS) is 16.5. The molecule has 3 amide bonds. The van der Waals surface area contributed by atoms with Crippen molar-refractivity contribution in [3.63, 3.8) is 0 Å². The van der Waals surface area contributed by atoms with Gasteiger partial charge in [-0.05, 0) is 37.1 Å². The number of rotatable bonds is 5. The van der Waals surface area contributed by atoms with E-state index < -0.39 is 6.04 Å². The molecule has 0 radical (unpaired) electrons. The maximum absolute atomic E-state index is 12.5. The number of nitrogens with zero attached hydrogens (tertiary/aromatic N) is 1. The number of hydrogen-bond donors (Lipinski definition) is 2. The molecule has 7 heteroatoms. The van der Waals surface area contributed by atoms with Crippen molar-refractivity contribution in [1.82, 2.24) is 10.2 Å². The van der Waals surface area contributed by atoms with Crippen LogP contribution in [0, 0.1) is 0 Å². The summed E-state index contributed by atoms with van der Waals surface area (Å²) in [4.78, 5) is 26.5. The largest absolute Gasteiger partial charge is 0.497 e. The van der Waals surface area contributed by atoms with Crippen molar-refractivity contribution < 1.29 is 18.7 Å². The van der Waals surface area contributed by atoms with Crippen LogP contribution in [0.15, 0.2) is 47.1 Å². The number of anilines is 1. The molecule has 1 aromatic carbocycles. The Hall–Kier alpha value is -2.96. The van der Waals surface area contributed by atoms with Crippen LogP contribution in [0.25, 0.3) is 0 Å². The Morgan fingerprint density at radius 1 is 1.32 bits per heavy atom. The van der Waals surface area contributed by atoms with Crippen molar-refractivity contribution >= 4 is 17.6 Å². The van der Waals surface area contributed by atoms with Gasteiger partial charge in [0.15, 0.2) is 0 Å². The SMILES string of the molecule is COc1cccc(NC(=O)N2CCC[C@H]2C(=O)NCc2ccco2)c1. The molecule has 1 fully saturated rings. The van der Waals surface area contributed by atoms with E-state index in [2.05, 4.69) is 10.6 Å². The summed E-state index contributed by atoms with van der Waals surface area (Å²) in [5, 5.41) is 5.64. The third-order valence-electron chi connectivity index (χ3n) is 4.15.